The number of ether oxygens (including phenoxy) is 4. The smallest absolute Gasteiger partial charge is 0.382 e. The van der Waals surface area contributed by atoms with Crippen LogP contribution < -0.4 is 55.2 Å². The number of fused-ring (bicyclic) bond motifs is 2. The fraction of sp³-hybridized carbons (Fsp3) is 0.405. The summed E-state index contributed by atoms with van der Waals surface area (Å²) in [4.78, 5) is 200. The van der Waals surface area contributed by atoms with Gasteiger partial charge in [-0.3, -0.25) is 111 Å². The summed E-state index contributed by atoms with van der Waals surface area (Å²) in [6, 6.07) is 25.7. The largest absolute Gasteiger partial charge is 0.472 e. The van der Waals surface area contributed by atoms with E-state index in [0.29, 0.717) is 22.3 Å². The van der Waals surface area contributed by atoms with Gasteiger partial charge in [-0.05, 0) is 110 Å². The van der Waals surface area contributed by atoms with E-state index in [1.54, 1.807) is 121 Å². The molecule has 11 aliphatic rings. The lowest BCUT2D eigenvalue weighted by atomic mass is 10.1. The average Bonchev–Trinajstić information content (AvgIpc) is 1.63. The first-order valence-electron chi connectivity index (χ1n) is 44.5. The van der Waals surface area contributed by atoms with Crippen LogP contribution in [0.3, 0.4) is 0 Å². The molecule has 21 rings (SSSR count). The van der Waals surface area contributed by atoms with Gasteiger partial charge in [0.05, 0.1) is 65.5 Å². The van der Waals surface area contributed by atoms with E-state index in [9.17, 15) is 95.1 Å². The Balaban J connectivity index is 0.590. The van der Waals surface area contributed by atoms with Crippen molar-refractivity contribution in [1.82, 2.24) is 79.4 Å². The van der Waals surface area contributed by atoms with E-state index in [1.807, 2.05) is 0 Å². The normalized spacial score (nSPS) is 30.4. The van der Waals surface area contributed by atoms with Crippen molar-refractivity contribution in [1.29, 1.82) is 0 Å². The highest BCUT2D eigenvalue weighted by atomic mass is 31.2. The number of benzene rings is 4. The van der Waals surface area contributed by atoms with Crippen LogP contribution in [-0.4, -0.2) is 239 Å². The SMILES string of the molecule is Cc1cn([C@H]2C[C@@H]3OP(=O)(O)OC[C@H]4O[C@@H](n5cc(C)c(=O)[nH]c5=O)C[C@@H]4OP(=O)(O)OCCCNC(=O)c4ccc(cc4)/C=C/c4ccc(cc4)C(=O)NCCCOP(=O)(O)OC[C@H]4O[C@@H](n5cnc6c(N)ncnc65)C[C@@H]4OP(=O)(O)OC[C@H]4O[C@@H](n5cnc6c(N)ncnc65)C[C@@H]4OP(=O)(O)OCCCNC(=O)c4ccc(cc4)/C=C/c4ccc(cc4)C(=O)NCCCOP(=O)(O)OC[C@H]3O2)c(=O)[nH]c1=O. The minimum Gasteiger partial charge on any atom is -0.382 e. The monoisotopic (exact) mass is 2120 g/mol. The number of H-pyrrole nitrogens is 2. The lowest BCUT2D eigenvalue weighted by molar-refractivity contribution is -0.0577. The second-order valence-electron chi connectivity index (χ2n) is 33.1. The van der Waals surface area contributed by atoms with Crippen molar-refractivity contribution in [3.63, 3.8) is 0 Å². The van der Waals surface area contributed by atoms with Crippen LogP contribution in [0.4, 0.5) is 11.6 Å². The van der Waals surface area contributed by atoms with Gasteiger partial charge >= 0.3 is 58.3 Å². The molecule has 772 valence electrons. The van der Waals surface area contributed by atoms with Crippen molar-refractivity contribution < 1.29 is 149 Å². The molecule has 4 amide bonds. The van der Waals surface area contributed by atoms with E-state index in [-0.39, 0.29) is 132 Å². The minimum atomic E-state index is -5.43. The lowest BCUT2D eigenvalue weighted by Crippen LogP contribution is -2.33. The summed E-state index contributed by atoms with van der Waals surface area (Å²) in [5.74, 6) is -2.03. The molecule has 10 aromatic rings. The number of hydrogen-bond acceptors (Lipinski definition) is 38. The predicted molar refractivity (Wildman–Crippen MR) is 503 cm³/mol. The maximum Gasteiger partial charge on any atom is 0.472 e. The van der Waals surface area contributed by atoms with Crippen molar-refractivity contribution in [2.75, 3.05) is 90.5 Å². The van der Waals surface area contributed by atoms with E-state index in [0.717, 1.165) is 27.9 Å². The van der Waals surface area contributed by atoms with E-state index < -0.39 is 233 Å². The number of aromatic amines is 2. The zero-order valence-corrected chi connectivity index (χ0v) is 81.7. The second-order valence-corrected chi connectivity index (χ2v) is 41.6. The summed E-state index contributed by atoms with van der Waals surface area (Å²) >= 11 is 0. The molecule has 4 fully saturated rings. The Morgan fingerprint density at radius 1 is 0.326 bits per heavy atom. The van der Waals surface area contributed by atoms with Gasteiger partial charge < -0.3 is 81.0 Å². The molecule has 16 N–H and O–H groups in total. The van der Waals surface area contributed by atoms with Gasteiger partial charge in [0.2, 0.25) is 0 Å². The van der Waals surface area contributed by atoms with Crippen molar-refractivity contribution in [2.24, 2.45) is 0 Å². The Kier molecular flexibility index (Phi) is 35.0. The van der Waals surface area contributed by atoms with E-state index in [2.05, 4.69) is 61.1 Å². The van der Waals surface area contributed by atoms with Crippen LogP contribution in [0.15, 0.2) is 154 Å². The molecule has 18 atom stereocenters. The Bertz CT molecular complexity index is 6940. The molecule has 0 saturated carbocycles. The van der Waals surface area contributed by atoms with Gasteiger partial charge in [0, 0.05) is 97.6 Å². The van der Waals surface area contributed by atoms with Crippen molar-refractivity contribution in [2.45, 2.75) is 139 Å². The first-order valence-corrected chi connectivity index (χ1v) is 53.5. The molecular weight excluding hydrogens is 2020 g/mol. The maximum absolute atomic E-state index is 14.2. The number of rotatable bonds is 4. The number of nitrogens with two attached hydrogens (primary N) is 2. The number of nitrogens with zero attached hydrogens (tertiary/aromatic N) is 10. The highest BCUT2D eigenvalue weighted by Gasteiger charge is 2.50. The van der Waals surface area contributed by atoms with Gasteiger partial charge in [0.1, 0.15) is 97.4 Å². The van der Waals surface area contributed by atoms with Gasteiger partial charge in [-0.2, -0.15) is 0 Å². The molecule has 17 heterocycles. The van der Waals surface area contributed by atoms with Gasteiger partial charge in [0.25, 0.3) is 34.7 Å². The fourth-order valence-electron chi connectivity index (χ4n) is 15.4. The molecule has 4 aromatic carbocycles. The third-order valence-corrected chi connectivity index (χ3v) is 28.9. The van der Waals surface area contributed by atoms with Crippen LogP contribution in [0.25, 0.3) is 46.6 Å². The predicted octanol–water partition coefficient (Wildman–Crippen LogP) is 6.21. The summed E-state index contributed by atoms with van der Waals surface area (Å²) in [5.41, 5.74) is 13.2. The summed E-state index contributed by atoms with van der Waals surface area (Å²) < 4.78 is 177. The zero-order valence-electron chi connectivity index (χ0n) is 76.3. The molecule has 11 aliphatic heterocycles. The number of aryl methyl sites for hydroxylation is 2. The van der Waals surface area contributed by atoms with Crippen LogP contribution in [0.2, 0.25) is 0 Å². The molecule has 6 aromatic heterocycles. The number of hydrogen-bond donors (Lipinski definition) is 14. The van der Waals surface area contributed by atoms with Gasteiger partial charge in [-0.25, -0.2) is 66.9 Å². The van der Waals surface area contributed by atoms with Gasteiger partial charge in [-0.1, -0.05) is 72.8 Å². The topological polar surface area (TPSA) is 737 Å². The lowest BCUT2D eigenvalue weighted by Gasteiger charge is -2.24. The number of amides is 4. The van der Waals surface area contributed by atoms with Crippen molar-refractivity contribution in [3.8, 4) is 0 Å². The van der Waals surface area contributed by atoms with Gasteiger partial charge in [-0.15, -0.1) is 0 Å². The number of imidazole rings is 2. The standard InChI is InChI=1S/C84H100N18O36P6/c1-49-39-99(83(109)97-77(49)103)67-35-59-65(132-67)43-129-143(119,120)137-60-36-68(100-40-50(2)78(104)98-84(100)110)131-63(60)41-127-139(111,112)123-31-3-27-87-79(105)55-19-11-51(12-20-55)8-10-54-17-25-58(26-18-54)82(108)90-30-6-34-126-142(117,118)136-61-37-69(101-47-95-71-73(85)91-45-93-75(71)101)134-66(61)44-130-144(121,122)138-62-38-70(102-48-96-72-74(86)92-46-94-76(72)102)133-64(62)42-128-140(113,114)124-32-4-28-88-80(106)56-21-13-52(14-22-56)7-9-53-15-23-57(24-16-53)81(107)89-29-5-33-125-141(115,116)135-59/h7-26,39-40,45-48,59-70H,3-6,27-38,41-44H2,1-2H3,(H,87,105)(H,88,106)(H,89,107)(H,90,108)(H,111,112)(H,113,114)(H,115,116)(H,117,118)(H,119,120)(H,121,122)(H2,85,91,93)(H2,86,92,94)(H,97,103,109)(H,98,104,110)/b9-7+,10-8+/t59-,60-,61-,62-,63+,64+,65+,66+,67+,68+,69+,70+/m0/s1. The molecule has 0 spiro atoms. The fourth-order valence-corrected chi connectivity index (χ4v) is 20.9. The van der Waals surface area contributed by atoms with Gasteiger partial charge in [0.15, 0.2) is 22.9 Å². The average molecular weight is 2120 g/mol. The molecule has 8 bridgehead atoms. The maximum atomic E-state index is 14.2. The van der Waals surface area contributed by atoms with Crippen LogP contribution in [0.5, 0.6) is 0 Å². The number of carbonyl (C=O) groups excluding carboxylic acids is 4. The first-order chi connectivity index (χ1) is 68.6. The third kappa shape index (κ3) is 28.8. The van der Waals surface area contributed by atoms with Crippen molar-refractivity contribution in [3.05, 3.63) is 232 Å². The highest BCUT2D eigenvalue weighted by molar-refractivity contribution is 7.48. The minimum absolute atomic E-state index is 0.00468. The quantitative estimate of drug-likeness (QED) is 0.0871. The van der Waals surface area contributed by atoms with E-state index in [1.165, 1.54) is 42.0 Å². The molecule has 60 heteroatoms. The van der Waals surface area contributed by atoms with Crippen LogP contribution >= 0.6 is 46.9 Å². The summed E-state index contributed by atoms with van der Waals surface area (Å²) in [6.07, 6.45) is -4.65. The number of nitrogen functional groups attached to an aromatic ring is 2. The third-order valence-electron chi connectivity index (χ3n) is 22.8. The van der Waals surface area contributed by atoms with Crippen LogP contribution in [0.1, 0.15) is 151 Å². The number of phosphoric acid groups is 6. The number of nitrogens with one attached hydrogen (secondary N) is 6. The number of phosphoric ester groups is 6. The Morgan fingerprint density at radius 2 is 0.576 bits per heavy atom. The van der Waals surface area contributed by atoms with E-state index in [4.69, 9.17) is 84.7 Å². The number of anilines is 2. The molecular formula is C84H100N18O36P6. The van der Waals surface area contributed by atoms with E-state index >= 15 is 0 Å². The molecule has 4 saturated heterocycles. The molecule has 6 unspecified atom stereocenters. The number of aromatic nitrogens is 12. The first kappa shape index (κ1) is 107. The molecule has 0 aliphatic carbocycles. The Morgan fingerprint density at radius 3 is 0.854 bits per heavy atom. The highest BCUT2D eigenvalue weighted by Crippen LogP contribution is 2.56. The Labute approximate surface area is 815 Å². The second kappa shape index (κ2) is 47.1. The number of carbonyl (C=O) groups is 4. The Hall–Kier alpha value is -11.2. The molecule has 144 heavy (non-hydrogen) atoms. The molecule has 54 nitrogen and oxygen atoms in total. The van der Waals surface area contributed by atoms with Crippen LogP contribution in [0, 0.1) is 13.8 Å². The summed E-state index contributed by atoms with van der Waals surface area (Å²) in [7, 11) is -31.0. The van der Waals surface area contributed by atoms with Crippen molar-refractivity contribution >= 4 is 129 Å². The zero-order chi connectivity index (χ0) is 102. The van der Waals surface area contributed by atoms with Crippen LogP contribution in [-0.2, 0) is 101 Å². The summed E-state index contributed by atoms with van der Waals surface area (Å²) in [6.45, 7) is -2.92. The summed E-state index contributed by atoms with van der Waals surface area (Å²) in [5, 5.41) is 10.8. The molecule has 0 radical (unpaired) electrons.